The van der Waals surface area contributed by atoms with Gasteiger partial charge in [0.1, 0.15) is 5.82 Å². The lowest BCUT2D eigenvalue weighted by atomic mass is 10.2. The molecule has 0 unspecified atom stereocenters. The lowest BCUT2D eigenvalue weighted by Gasteiger charge is -2.13. The summed E-state index contributed by atoms with van der Waals surface area (Å²) in [4.78, 5) is 9.05. The zero-order chi connectivity index (χ0) is 12.3. The van der Waals surface area contributed by atoms with Crippen LogP contribution in [0.1, 0.15) is 51.0 Å². The summed E-state index contributed by atoms with van der Waals surface area (Å²) >= 11 is 0. The van der Waals surface area contributed by atoms with Crippen LogP contribution in [0.25, 0.3) is 0 Å². The van der Waals surface area contributed by atoms with Crippen LogP contribution in [0.5, 0.6) is 0 Å². The van der Waals surface area contributed by atoms with Gasteiger partial charge in [-0.15, -0.1) is 0 Å². The first-order chi connectivity index (χ1) is 8.20. The predicted molar refractivity (Wildman–Crippen MR) is 70.1 cm³/mol. The summed E-state index contributed by atoms with van der Waals surface area (Å²) in [6.07, 6.45) is 4.52. The summed E-state index contributed by atoms with van der Waals surface area (Å²) < 4.78 is 0. The Morgan fingerprint density at radius 3 is 2.76 bits per heavy atom. The normalized spacial score (nSPS) is 15.3. The Kier molecular flexibility index (Phi) is 3.94. The van der Waals surface area contributed by atoms with E-state index in [0.717, 1.165) is 30.3 Å². The van der Waals surface area contributed by atoms with Crippen molar-refractivity contribution in [2.75, 3.05) is 11.9 Å². The van der Waals surface area contributed by atoms with Gasteiger partial charge in [0.15, 0.2) is 0 Å². The van der Waals surface area contributed by atoms with Crippen LogP contribution in [-0.4, -0.2) is 22.6 Å². The van der Waals surface area contributed by atoms with Gasteiger partial charge < -0.3 is 10.6 Å². The molecular formula is C13H22N4. The second-order valence-electron chi connectivity index (χ2n) is 4.93. The molecule has 1 aromatic heterocycles. The van der Waals surface area contributed by atoms with Crippen LogP contribution < -0.4 is 10.6 Å². The van der Waals surface area contributed by atoms with Gasteiger partial charge >= 0.3 is 0 Å². The molecule has 1 aliphatic carbocycles. The largest absolute Gasteiger partial charge is 0.383 e. The maximum absolute atomic E-state index is 4.65. The minimum Gasteiger partial charge on any atom is -0.383 e. The molecule has 0 bridgehead atoms. The summed E-state index contributed by atoms with van der Waals surface area (Å²) in [6.45, 7) is 8.09. The lowest BCUT2D eigenvalue weighted by Crippen LogP contribution is -2.19. The number of hydrogen-bond donors (Lipinski definition) is 2. The molecule has 2 N–H and O–H groups in total. The molecule has 1 aliphatic rings. The topological polar surface area (TPSA) is 49.8 Å². The summed E-state index contributed by atoms with van der Waals surface area (Å²) in [7, 11) is 0. The van der Waals surface area contributed by atoms with Crippen molar-refractivity contribution in [2.45, 2.75) is 52.1 Å². The number of rotatable bonds is 6. The second-order valence-corrected chi connectivity index (χ2v) is 4.93. The van der Waals surface area contributed by atoms with E-state index in [2.05, 4.69) is 41.4 Å². The fourth-order valence-corrected chi connectivity index (χ4v) is 1.71. The second kappa shape index (κ2) is 5.45. The molecule has 94 valence electrons. The van der Waals surface area contributed by atoms with Crippen molar-refractivity contribution in [3.8, 4) is 0 Å². The molecule has 1 aromatic rings. The van der Waals surface area contributed by atoms with E-state index in [-0.39, 0.29) is 0 Å². The van der Waals surface area contributed by atoms with Crippen LogP contribution in [0, 0.1) is 0 Å². The Bertz CT molecular complexity index is 372. The van der Waals surface area contributed by atoms with E-state index in [9.17, 15) is 0 Å². The van der Waals surface area contributed by atoms with Gasteiger partial charge in [-0.1, -0.05) is 13.8 Å². The molecule has 0 radical (unpaired) electrons. The number of nitrogens with zero attached hydrogens (tertiary/aromatic N) is 2. The molecule has 1 fully saturated rings. The SMILES string of the molecule is CCNc1cnc(C(C)C)nc1CNC1CC1. The van der Waals surface area contributed by atoms with Gasteiger partial charge in [-0.25, -0.2) is 9.97 Å². The molecule has 1 heterocycles. The third kappa shape index (κ3) is 3.40. The first kappa shape index (κ1) is 12.3. The number of nitrogens with one attached hydrogen (secondary N) is 2. The summed E-state index contributed by atoms with van der Waals surface area (Å²) in [6, 6.07) is 0.710. The first-order valence-corrected chi connectivity index (χ1v) is 6.53. The standard InChI is InChI=1S/C13H22N4/c1-4-14-11-7-16-13(9(2)3)17-12(11)8-15-10-5-6-10/h7,9-10,14-15H,4-6,8H2,1-3H3. The van der Waals surface area contributed by atoms with Gasteiger partial charge in [0.2, 0.25) is 0 Å². The van der Waals surface area contributed by atoms with Crippen LogP contribution >= 0.6 is 0 Å². The lowest BCUT2D eigenvalue weighted by molar-refractivity contribution is 0.661. The Morgan fingerprint density at radius 1 is 1.41 bits per heavy atom. The van der Waals surface area contributed by atoms with E-state index in [1.807, 2.05) is 6.20 Å². The Morgan fingerprint density at radius 2 is 2.18 bits per heavy atom. The molecule has 17 heavy (non-hydrogen) atoms. The highest BCUT2D eigenvalue weighted by atomic mass is 15.0. The highest BCUT2D eigenvalue weighted by Crippen LogP contribution is 2.21. The van der Waals surface area contributed by atoms with Crippen LogP contribution in [0.4, 0.5) is 5.69 Å². The van der Waals surface area contributed by atoms with E-state index in [0.29, 0.717) is 12.0 Å². The van der Waals surface area contributed by atoms with Gasteiger partial charge in [-0.2, -0.15) is 0 Å². The number of aromatic nitrogens is 2. The van der Waals surface area contributed by atoms with E-state index >= 15 is 0 Å². The van der Waals surface area contributed by atoms with Gasteiger partial charge in [0.25, 0.3) is 0 Å². The fourth-order valence-electron chi connectivity index (χ4n) is 1.71. The molecule has 0 aromatic carbocycles. The molecular weight excluding hydrogens is 212 g/mol. The molecule has 0 spiro atoms. The molecule has 0 saturated heterocycles. The maximum Gasteiger partial charge on any atom is 0.131 e. The van der Waals surface area contributed by atoms with E-state index in [1.54, 1.807) is 0 Å². The molecule has 4 nitrogen and oxygen atoms in total. The Hall–Kier alpha value is -1.16. The first-order valence-electron chi connectivity index (χ1n) is 6.53. The third-order valence-electron chi connectivity index (χ3n) is 2.91. The van der Waals surface area contributed by atoms with E-state index in [1.165, 1.54) is 12.8 Å². The zero-order valence-electron chi connectivity index (χ0n) is 11.0. The van der Waals surface area contributed by atoms with Gasteiger partial charge in [-0.05, 0) is 19.8 Å². The van der Waals surface area contributed by atoms with Crippen molar-refractivity contribution in [1.82, 2.24) is 15.3 Å². The highest BCUT2D eigenvalue weighted by molar-refractivity contribution is 5.46. The number of hydrogen-bond acceptors (Lipinski definition) is 4. The minimum atomic E-state index is 0.380. The van der Waals surface area contributed by atoms with Crippen molar-refractivity contribution in [1.29, 1.82) is 0 Å². The minimum absolute atomic E-state index is 0.380. The van der Waals surface area contributed by atoms with Gasteiger partial charge in [0, 0.05) is 25.0 Å². The van der Waals surface area contributed by atoms with E-state index in [4.69, 9.17) is 0 Å². The van der Waals surface area contributed by atoms with E-state index < -0.39 is 0 Å². The average molecular weight is 234 g/mol. The van der Waals surface area contributed by atoms with Crippen molar-refractivity contribution in [2.24, 2.45) is 0 Å². The van der Waals surface area contributed by atoms with Crippen molar-refractivity contribution in [3.63, 3.8) is 0 Å². The van der Waals surface area contributed by atoms with Crippen LogP contribution in [0.15, 0.2) is 6.20 Å². The molecule has 2 rings (SSSR count). The quantitative estimate of drug-likeness (QED) is 0.793. The fraction of sp³-hybridized carbons (Fsp3) is 0.692. The van der Waals surface area contributed by atoms with Crippen molar-refractivity contribution < 1.29 is 0 Å². The zero-order valence-corrected chi connectivity index (χ0v) is 11.0. The van der Waals surface area contributed by atoms with Gasteiger partial charge in [0.05, 0.1) is 17.6 Å². The molecule has 0 aliphatic heterocycles. The summed E-state index contributed by atoms with van der Waals surface area (Å²) in [5.74, 6) is 1.31. The Labute approximate surface area is 103 Å². The average Bonchev–Trinajstić information content (AvgIpc) is 3.11. The summed E-state index contributed by atoms with van der Waals surface area (Å²) in [5, 5.41) is 6.83. The van der Waals surface area contributed by atoms with Gasteiger partial charge in [-0.3, -0.25) is 0 Å². The van der Waals surface area contributed by atoms with Crippen LogP contribution in [-0.2, 0) is 6.54 Å². The van der Waals surface area contributed by atoms with Crippen LogP contribution in [0.2, 0.25) is 0 Å². The monoisotopic (exact) mass is 234 g/mol. The van der Waals surface area contributed by atoms with Crippen molar-refractivity contribution in [3.05, 3.63) is 17.7 Å². The third-order valence-corrected chi connectivity index (χ3v) is 2.91. The van der Waals surface area contributed by atoms with Crippen LogP contribution in [0.3, 0.4) is 0 Å². The molecule has 1 saturated carbocycles. The number of anilines is 1. The Balaban J connectivity index is 2.12. The smallest absolute Gasteiger partial charge is 0.131 e. The highest BCUT2D eigenvalue weighted by Gasteiger charge is 2.21. The maximum atomic E-state index is 4.65. The molecule has 0 amide bonds. The molecule has 4 heteroatoms. The molecule has 0 atom stereocenters. The predicted octanol–water partition coefficient (Wildman–Crippen LogP) is 2.28. The summed E-state index contributed by atoms with van der Waals surface area (Å²) in [5.41, 5.74) is 2.16. The van der Waals surface area contributed by atoms with Crippen molar-refractivity contribution >= 4 is 5.69 Å².